The van der Waals surface area contributed by atoms with Gasteiger partial charge in [0.2, 0.25) is 5.78 Å². The minimum atomic E-state index is -1.45. The number of anilines is 1. The molecule has 5 N–H and O–H groups in total. The van der Waals surface area contributed by atoms with Crippen LogP contribution in [0.25, 0.3) is 11.2 Å². The molecule has 0 aliphatic carbocycles. The van der Waals surface area contributed by atoms with Crippen molar-refractivity contribution in [3.63, 3.8) is 0 Å². The number of nitrogens with zero attached hydrogens (tertiary/aromatic N) is 4. The summed E-state index contributed by atoms with van der Waals surface area (Å²) in [6.07, 6.45) is 0.538. The number of nitrogen functional groups attached to an aromatic ring is 1. The molecule has 2 aromatic heterocycles. The molecule has 0 spiro atoms. The van der Waals surface area contributed by atoms with Crippen LogP contribution in [0.3, 0.4) is 0 Å². The van der Waals surface area contributed by atoms with Gasteiger partial charge >= 0.3 is 5.97 Å². The van der Waals surface area contributed by atoms with E-state index in [2.05, 4.69) is 15.0 Å². The lowest BCUT2D eigenvalue weighted by Crippen LogP contribution is -2.36. The van der Waals surface area contributed by atoms with Crippen molar-refractivity contribution in [1.82, 2.24) is 19.5 Å². The molecule has 1 aliphatic rings. The lowest BCUT2D eigenvalue weighted by atomic mass is 10.1. The molecule has 1 unspecified atom stereocenters. The summed E-state index contributed by atoms with van der Waals surface area (Å²) < 4.78 is 7.32. The van der Waals surface area contributed by atoms with E-state index in [9.17, 15) is 19.8 Å². The third-order valence-corrected chi connectivity index (χ3v) is 6.16. The highest BCUT2D eigenvalue weighted by molar-refractivity contribution is 7.96. The SMILES string of the molecule is [14CH3][S+](CCC(=O)C(=O)O)C[C@H]1O[C@@H](n2cnc3c(N)ncnc32)[C@H](O)[C@@H]1O. The zero-order valence-corrected chi connectivity index (χ0v) is 15.2. The number of hydrogen-bond acceptors (Lipinski definition) is 9. The number of carbonyl (C=O) groups is 2. The van der Waals surface area contributed by atoms with Gasteiger partial charge in [0.25, 0.3) is 0 Å². The van der Waals surface area contributed by atoms with Crippen LogP contribution in [0.2, 0.25) is 0 Å². The number of fused-ring (bicyclic) bond motifs is 1. The van der Waals surface area contributed by atoms with Gasteiger partial charge in [-0.2, -0.15) is 0 Å². The molecule has 0 bridgehead atoms. The van der Waals surface area contributed by atoms with Gasteiger partial charge in [0.1, 0.15) is 41.7 Å². The van der Waals surface area contributed by atoms with E-state index in [1.807, 2.05) is 6.26 Å². The Bertz CT molecular complexity index is 860. The highest BCUT2D eigenvalue weighted by atomic mass is 32.2. The average molecular weight is 400 g/mol. The van der Waals surface area contributed by atoms with Gasteiger partial charge in [0, 0.05) is 0 Å². The molecule has 3 heterocycles. The fourth-order valence-electron chi connectivity index (χ4n) is 2.89. The number of aliphatic hydroxyl groups excluding tert-OH is 2. The number of aliphatic hydroxyl groups is 2. The predicted octanol–water partition coefficient (Wildman–Crippen LogP) is -1.68. The number of nitrogens with two attached hydrogens (primary N) is 1. The lowest BCUT2D eigenvalue weighted by molar-refractivity contribution is -0.148. The van der Waals surface area contributed by atoms with Crippen LogP contribution in [0.15, 0.2) is 12.7 Å². The Hall–Kier alpha value is -2.28. The largest absolute Gasteiger partial charge is 0.475 e. The first-order valence-electron chi connectivity index (χ1n) is 8.09. The maximum absolute atomic E-state index is 11.2. The second kappa shape index (κ2) is 7.76. The van der Waals surface area contributed by atoms with E-state index in [0.717, 1.165) is 0 Å². The quantitative estimate of drug-likeness (QED) is 0.310. The normalized spacial score (nSPS) is 26.3. The number of carboxylic acid groups (broad SMARTS) is 1. The molecule has 11 nitrogen and oxygen atoms in total. The summed E-state index contributed by atoms with van der Waals surface area (Å²) in [6.45, 7) is 0. The van der Waals surface area contributed by atoms with Crippen LogP contribution in [0.5, 0.6) is 0 Å². The number of aromatic nitrogens is 4. The molecule has 12 heteroatoms. The Morgan fingerprint density at radius 1 is 1.30 bits per heavy atom. The van der Waals surface area contributed by atoms with Crippen molar-refractivity contribution in [3.8, 4) is 0 Å². The van der Waals surface area contributed by atoms with E-state index >= 15 is 0 Å². The number of rotatable bonds is 7. The third kappa shape index (κ3) is 3.88. The summed E-state index contributed by atoms with van der Waals surface area (Å²) >= 11 is 0. The predicted molar refractivity (Wildman–Crippen MR) is 95.9 cm³/mol. The second-order valence-corrected chi connectivity index (χ2v) is 8.56. The van der Waals surface area contributed by atoms with E-state index in [1.54, 1.807) is 0 Å². The number of ketones is 1. The molecule has 146 valence electrons. The Balaban J connectivity index is 1.69. The standard InChI is InChI=1S/C15H19N5O6S/c1-27(3-2-7(21)15(24)25)4-8-10(22)11(23)14(26-8)20-6-19-9-12(16)17-5-18-13(9)20/h5-6,8,10-11,14,22-23H,2-4H2,1H3,(H2-,16,17,18,24,25)/p+1/t8-,10-,11-,14-,27?/m1/s1/i1+2. The Labute approximate surface area is 156 Å². The fourth-order valence-corrected chi connectivity index (χ4v) is 4.43. The van der Waals surface area contributed by atoms with Crippen molar-refractivity contribution < 1.29 is 29.6 Å². The van der Waals surface area contributed by atoms with Gasteiger partial charge in [-0.25, -0.2) is 19.7 Å². The van der Waals surface area contributed by atoms with Gasteiger partial charge in [-0.15, -0.1) is 0 Å². The first-order valence-corrected chi connectivity index (χ1v) is 10.1. The first kappa shape index (κ1) is 19.5. The van der Waals surface area contributed by atoms with Crippen molar-refractivity contribution in [2.45, 2.75) is 31.0 Å². The lowest BCUT2D eigenvalue weighted by Gasteiger charge is -2.16. The molecular weight excluding hydrogens is 380 g/mol. The van der Waals surface area contributed by atoms with Gasteiger partial charge in [-0.1, -0.05) is 0 Å². The van der Waals surface area contributed by atoms with Crippen LogP contribution in [-0.4, -0.2) is 82.7 Å². The van der Waals surface area contributed by atoms with Crippen LogP contribution in [-0.2, 0) is 25.2 Å². The smallest absolute Gasteiger partial charge is 0.372 e. The van der Waals surface area contributed by atoms with Crippen molar-refractivity contribution in [3.05, 3.63) is 12.7 Å². The van der Waals surface area contributed by atoms with Gasteiger partial charge in [0.15, 0.2) is 17.7 Å². The van der Waals surface area contributed by atoms with Gasteiger partial charge in [-0.3, -0.25) is 9.36 Å². The minimum Gasteiger partial charge on any atom is -0.475 e. The summed E-state index contributed by atoms with van der Waals surface area (Å²) in [7, 11) is -0.376. The highest BCUT2D eigenvalue weighted by Gasteiger charge is 2.46. The maximum Gasteiger partial charge on any atom is 0.372 e. The van der Waals surface area contributed by atoms with Crippen LogP contribution < -0.4 is 5.73 Å². The van der Waals surface area contributed by atoms with Gasteiger partial charge in [0.05, 0.1) is 19.0 Å². The zero-order valence-electron chi connectivity index (χ0n) is 14.4. The summed E-state index contributed by atoms with van der Waals surface area (Å²) in [5, 5.41) is 29.4. The molecule has 1 aliphatic heterocycles. The number of hydrogen-bond donors (Lipinski definition) is 4. The zero-order chi connectivity index (χ0) is 19.7. The number of carboxylic acids is 1. The van der Waals surface area contributed by atoms with E-state index in [1.165, 1.54) is 17.2 Å². The molecule has 0 saturated carbocycles. The van der Waals surface area contributed by atoms with E-state index in [4.69, 9.17) is 15.6 Å². The summed E-state index contributed by atoms with van der Waals surface area (Å²) in [4.78, 5) is 33.9. The van der Waals surface area contributed by atoms with Gasteiger partial charge in [-0.05, 0) is 10.9 Å². The number of ether oxygens (including phenoxy) is 1. The van der Waals surface area contributed by atoms with Crippen molar-refractivity contribution in [1.29, 1.82) is 0 Å². The Morgan fingerprint density at radius 2 is 2.04 bits per heavy atom. The third-order valence-electron chi connectivity index (χ3n) is 4.36. The summed E-state index contributed by atoms with van der Waals surface area (Å²) in [5.41, 5.74) is 6.50. The molecule has 27 heavy (non-hydrogen) atoms. The molecular formula is C15H20N5O6S+. The monoisotopic (exact) mass is 400 g/mol. The topological polar surface area (TPSA) is 174 Å². The van der Waals surface area contributed by atoms with Crippen LogP contribution >= 0.6 is 0 Å². The molecule has 2 aromatic rings. The molecule has 5 atom stereocenters. The minimum absolute atomic E-state index is 0.0773. The number of aliphatic carboxylic acids is 1. The number of carbonyl (C=O) groups excluding carboxylic acids is 1. The van der Waals surface area contributed by atoms with Crippen LogP contribution in [0, 0.1) is 0 Å². The highest BCUT2D eigenvalue weighted by Crippen LogP contribution is 2.32. The molecule has 1 fully saturated rings. The van der Waals surface area contributed by atoms with Gasteiger partial charge < -0.3 is 25.8 Å². The Kier molecular flexibility index (Phi) is 5.60. The van der Waals surface area contributed by atoms with E-state index in [-0.39, 0.29) is 23.1 Å². The molecule has 1 saturated heterocycles. The number of Topliss-reactive ketones (excluding diaryl/α,β-unsaturated/α-hetero) is 1. The maximum atomic E-state index is 11.2. The Morgan fingerprint density at radius 3 is 2.74 bits per heavy atom. The van der Waals surface area contributed by atoms with Crippen LogP contribution in [0.4, 0.5) is 5.82 Å². The molecule has 0 radical (unpaired) electrons. The van der Waals surface area contributed by atoms with Crippen molar-refractivity contribution >= 4 is 39.6 Å². The molecule has 0 aromatic carbocycles. The van der Waals surface area contributed by atoms with E-state index in [0.29, 0.717) is 22.7 Å². The fraction of sp³-hybridized carbons (Fsp3) is 0.533. The van der Waals surface area contributed by atoms with Crippen molar-refractivity contribution in [2.24, 2.45) is 0 Å². The molecule has 0 amide bonds. The molecule has 3 rings (SSSR count). The van der Waals surface area contributed by atoms with Crippen molar-refractivity contribution in [2.75, 3.05) is 23.5 Å². The number of imidazole rings is 1. The van der Waals surface area contributed by atoms with E-state index < -0.39 is 36.3 Å². The van der Waals surface area contributed by atoms with Crippen LogP contribution in [0.1, 0.15) is 12.6 Å². The second-order valence-electron chi connectivity index (χ2n) is 6.26. The average Bonchev–Trinajstić information content (AvgIpc) is 3.17. The summed E-state index contributed by atoms with van der Waals surface area (Å²) in [5.74, 6) is -1.35. The first-order chi connectivity index (χ1) is 12.8. The summed E-state index contributed by atoms with van der Waals surface area (Å²) in [6, 6.07) is 0.